The van der Waals surface area contributed by atoms with E-state index in [2.05, 4.69) is 30.8 Å². The van der Waals surface area contributed by atoms with E-state index in [-0.39, 0.29) is 36.3 Å². The fourth-order valence-corrected chi connectivity index (χ4v) is 6.60. The first-order chi connectivity index (χ1) is 18.4. The molecule has 2 aromatic rings. The molecule has 1 aromatic heterocycles. The van der Waals surface area contributed by atoms with Gasteiger partial charge in [-0.25, -0.2) is 8.42 Å². The number of primary amides is 1. The molecule has 2 aliphatic rings. The highest BCUT2D eigenvalue weighted by atomic mass is 32.2. The lowest BCUT2D eigenvalue weighted by Gasteiger charge is -2.39. The molecule has 222 valence electrons. The summed E-state index contributed by atoms with van der Waals surface area (Å²) >= 11 is 0. The van der Waals surface area contributed by atoms with Crippen molar-refractivity contribution < 1.29 is 31.5 Å². The van der Waals surface area contributed by atoms with E-state index < -0.39 is 39.3 Å². The van der Waals surface area contributed by atoms with Gasteiger partial charge in [-0.15, -0.1) is 0 Å². The van der Waals surface area contributed by atoms with Gasteiger partial charge in [0.2, 0.25) is 15.9 Å². The summed E-state index contributed by atoms with van der Waals surface area (Å²) in [6.07, 6.45) is -2.02. The van der Waals surface area contributed by atoms with Crippen molar-refractivity contribution in [2.24, 2.45) is 17.1 Å². The van der Waals surface area contributed by atoms with E-state index >= 15 is 0 Å². The highest BCUT2D eigenvalue weighted by molar-refractivity contribution is 7.88. The molecule has 9 nitrogen and oxygen atoms in total. The van der Waals surface area contributed by atoms with E-state index in [0.29, 0.717) is 30.1 Å². The Balaban J connectivity index is 1.63. The van der Waals surface area contributed by atoms with Crippen molar-refractivity contribution in [3.63, 3.8) is 0 Å². The minimum atomic E-state index is -4.78. The van der Waals surface area contributed by atoms with Gasteiger partial charge >= 0.3 is 6.18 Å². The summed E-state index contributed by atoms with van der Waals surface area (Å²) in [5.74, 6) is -0.612. The lowest BCUT2D eigenvalue weighted by molar-refractivity contribution is -0.137. The lowest BCUT2D eigenvalue weighted by Crippen LogP contribution is -2.42. The van der Waals surface area contributed by atoms with Crippen molar-refractivity contribution in [3.05, 3.63) is 40.6 Å². The van der Waals surface area contributed by atoms with Crippen LogP contribution in [-0.4, -0.2) is 77.0 Å². The number of aliphatic hydroxyl groups is 1. The maximum absolute atomic E-state index is 13.5. The second-order valence-corrected chi connectivity index (χ2v) is 14.0. The Labute approximate surface area is 233 Å². The van der Waals surface area contributed by atoms with Crippen molar-refractivity contribution in [1.82, 2.24) is 19.0 Å². The molecule has 0 bridgehead atoms. The normalized spacial score (nSPS) is 19.0. The van der Waals surface area contributed by atoms with Crippen molar-refractivity contribution in [2.45, 2.75) is 65.4 Å². The van der Waals surface area contributed by atoms with Crippen LogP contribution < -0.4 is 5.73 Å². The minimum Gasteiger partial charge on any atom is -0.390 e. The van der Waals surface area contributed by atoms with Gasteiger partial charge in [-0.05, 0) is 49.4 Å². The van der Waals surface area contributed by atoms with Gasteiger partial charge in [0, 0.05) is 42.9 Å². The summed E-state index contributed by atoms with van der Waals surface area (Å²) in [6, 6.07) is 3.04. The number of aromatic nitrogens is 2. The van der Waals surface area contributed by atoms with Crippen LogP contribution in [0.2, 0.25) is 0 Å². The van der Waals surface area contributed by atoms with Gasteiger partial charge in [-0.1, -0.05) is 26.8 Å². The molecule has 1 unspecified atom stereocenters. The number of hydrogen-bond acceptors (Lipinski definition) is 6. The van der Waals surface area contributed by atoms with Crippen LogP contribution in [0.1, 0.15) is 60.8 Å². The summed E-state index contributed by atoms with van der Waals surface area (Å²) in [7, 11) is -3.55. The summed E-state index contributed by atoms with van der Waals surface area (Å²) in [5.41, 5.74) is 5.39. The lowest BCUT2D eigenvalue weighted by atomic mass is 9.75. The largest absolute Gasteiger partial charge is 0.417 e. The summed E-state index contributed by atoms with van der Waals surface area (Å²) in [4.78, 5) is 14.1. The molecule has 0 saturated carbocycles. The maximum Gasteiger partial charge on any atom is 0.417 e. The fraction of sp³-hybridized carbons (Fsp3) is 0.630. The third-order valence-corrected chi connectivity index (χ3v) is 9.35. The number of rotatable bonds is 7. The predicted molar refractivity (Wildman–Crippen MR) is 145 cm³/mol. The number of amides is 1. The molecule has 1 saturated heterocycles. The van der Waals surface area contributed by atoms with E-state index in [1.165, 1.54) is 10.4 Å². The maximum atomic E-state index is 13.5. The van der Waals surface area contributed by atoms with Crippen LogP contribution in [0.3, 0.4) is 0 Å². The number of halogens is 3. The smallest absolute Gasteiger partial charge is 0.390 e. The summed E-state index contributed by atoms with van der Waals surface area (Å²) in [6.45, 7) is 9.28. The third-order valence-electron chi connectivity index (χ3n) is 8.10. The Morgan fingerprint density at radius 1 is 1.15 bits per heavy atom. The Morgan fingerprint density at radius 2 is 1.80 bits per heavy atom. The number of likely N-dealkylation sites (tertiary alicyclic amines) is 1. The third kappa shape index (κ3) is 6.69. The monoisotopic (exact) mass is 585 g/mol. The molecule has 2 aliphatic heterocycles. The van der Waals surface area contributed by atoms with Gasteiger partial charge in [0.15, 0.2) is 0 Å². The van der Waals surface area contributed by atoms with Crippen molar-refractivity contribution >= 4 is 15.9 Å². The number of nitrogens with zero attached hydrogens (tertiary/aromatic N) is 4. The summed E-state index contributed by atoms with van der Waals surface area (Å²) in [5, 5.41) is 15.6. The average molecular weight is 586 g/mol. The Bertz CT molecular complexity index is 1360. The number of benzene rings is 1. The molecule has 1 atom stereocenters. The van der Waals surface area contributed by atoms with Gasteiger partial charge in [0.1, 0.15) is 0 Å². The molecule has 3 N–H and O–H groups in total. The van der Waals surface area contributed by atoms with E-state index in [4.69, 9.17) is 5.73 Å². The number of nitrogens with two attached hydrogens (primary N) is 1. The molecule has 40 heavy (non-hydrogen) atoms. The van der Waals surface area contributed by atoms with E-state index in [0.717, 1.165) is 44.3 Å². The van der Waals surface area contributed by atoms with Crippen LogP contribution in [-0.2, 0) is 35.7 Å². The molecular weight excluding hydrogens is 547 g/mol. The number of fused-ring (bicyclic) bond motifs is 1. The standard InChI is InChI=1S/C27H38F3N5O4S/c1-26(2,3)18-7-10-33(11-8-18)14-19(36)15-35-23-9-12-34(40(4,38)39)16-21(23)24(32-35)17-5-6-22(27(28,29)30)20(13-17)25(31)37/h5-6,13,18-19,36H,7-12,14-16H2,1-4H3,(H2,31,37). The molecule has 3 heterocycles. The Morgan fingerprint density at radius 3 is 2.35 bits per heavy atom. The van der Waals surface area contributed by atoms with Crippen molar-refractivity contribution in [2.75, 3.05) is 32.4 Å². The van der Waals surface area contributed by atoms with Crippen LogP contribution in [0.4, 0.5) is 13.2 Å². The van der Waals surface area contributed by atoms with Crippen molar-refractivity contribution in [1.29, 1.82) is 0 Å². The fourth-order valence-electron chi connectivity index (χ4n) is 5.81. The first-order valence-corrected chi connectivity index (χ1v) is 15.3. The zero-order valence-electron chi connectivity index (χ0n) is 23.3. The first kappa shape index (κ1) is 30.5. The van der Waals surface area contributed by atoms with Crippen LogP contribution >= 0.6 is 0 Å². The van der Waals surface area contributed by atoms with Crippen LogP contribution in [0.25, 0.3) is 11.3 Å². The number of sulfonamides is 1. The topological polar surface area (TPSA) is 122 Å². The SMILES string of the molecule is CC(C)(C)C1CCN(CC(O)Cn2nc(-c3ccc(C(F)(F)F)c(C(N)=O)c3)c3c2CCN(S(C)(=O)=O)C3)CC1. The quantitative estimate of drug-likeness (QED) is 0.515. The number of piperidine rings is 1. The number of carbonyl (C=O) groups is 1. The highest BCUT2D eigenvalue weighted by Gasteiger charge is 2.36. The van der Waals surface area contributed by atoms with Crippen LogP contribution in [0, 0.1) is 11.3 Å². The second-order valence-electron chi connectivity index (χ2n) is 12.0. The van der Waals surface area contributed by atoms with Gasteiger partial charge < -0.3 is 15.7 Å². The van der Waals surface area contributed by atoms with Gasteiger partial charge in [0.05, 0.1) is 35.7 Å². The molecular formula is C27H38F3N5O4S. The molecule has 13 heteroatoms. The van der Waals surface area contributed by atoms with Gasteiger partial charge in [0.25, 0.3) is 0 Å². The number of carbonyl (C=O) groups excluding carboxylic acids is 1. The van der Waals surface area contributed by atoms with Crippen LogP contribution in [0.5, 0.6) is 0 Å². The number of hydrogen-bond donors (Lipinski definition) is 2. The number of aliphatic hydroxyl groups excluding tert-OH is 1. The van der Waals surface area contributed by atoms with Crippen molar-refractivity contribution in [3.8, 4) is 11.3 Å². The van der Waals surface area contributed by atoms with E-state index in [1.54, 1.807) is 4.68 Å². The molecule has 1 fully saturated rings. The number of β-amino-alcohol motifs (C(OH)–C–C–N with tert-alkyl or cyclic N) is 1. The van der Waals surface area contributed by atoms with Gasteiger partial charge in [-0.2, -0.15) is 22.6 Å². The van der Waals surface area contributed by atoms with Gasteiger partial charge in [-0.3, -0.25) is 9.48 Å². The second kappa shape index (κ2) is 11.1. The molecule has 1 aromatic carbocycles. The number of alkyl halides is 3. The Hall–Kier alpha value is -2.48. The van der Waals surface area contributed by atoms with Crippen LogP contribution in [0.15, 0.2) is 18.2 Å². The zero-order chi connectivity index (χ0) is 29.6. The molecule has 0 aliphatic carbocycles. The summed E-state index contributed by atoms with van der Waals surface area (Å²) < 4.78 is 68.0. The minimum absolute atomic E-state index is 0.0210. The van der Waals surface area contributed by atoms with E-state index in [9.17, 15) is 31.5 Å². The zero-order valence-corrected chi connectivity index (χ0v) is 24.1. The molecule has 0 spiro atoms. The average Bonchev–Trinajstić information content (AvgIpc) is 3.19. The predicted octanol–water partition coefficient (Wildman–Crippen LogP) is 3.10. The molecule has 1 amide bonds. The molecule has 4 rings (SSSR count). The highest BCUT2D eigenvalue weighted by Crippen LogP contribution is 2.37. The molecule has 0 radical (unpaired) electrons. The van der Waals surface area contributed by atoms with E-state index in [1.807, 2.05) is 0 Å². The Kier molecular flexibility index (Phi) is 8.43. The first-order valence-electron chi connectivity index (χ1n) is 13.4.